The van der Waals surface area contributed by atoms with E-state index >= 15 is 4.39 Å². The van der Waals surface area contributed by atoms with E-state index < -0.39 is 0 Å². The molecule has 0 aliphatic heterocycles. The van der Waals surface area contributed by atoms with Crippen molar-refractivity contribution >= 4 is 0 Å². The molecule has 34 heavy (non-hydrogen) atoms. The van der Waals surface area contributed by atoms with Crippen molar-refractivity contribution in [3.63, 3.8) is 0 Å². The molecule has 4 atom stereocenters. The number of benzene rings is 2. The highest BCUT2D eigenvalue weighted by Crippen LogP contribution is 2.48. The minimum Gasteiger partial charge on any atom is -0.207 e. The van der Waals surface area contributed by atoms with Crippen molar-refractivity contribution in [1.82, 2.24) is 0 Å². The van der Waals surface area contributed by atoms with Gasteiger partial charge in [0.05, 0.1) is 0 Å². The van der Waals surface area contributed by atoms with Crippen LogP contribution in [-0.4, -0.2) is 0 Å². The summed E-state index contributed by atoms with van der Waals surface area (Å²) in [5.74, 6) is 8.22. The Morgan fingerprint density at radius 2 is 1.53 bits per heavy atom. The molecule has 0 saturated heterocycles. The van der Waals surface area contributed by atoms with E-state index in [4.69, 9.17) is 0 Å². The number of hydrogen-bond acceptors (Lipinski definition) is 0. The Morgan fingerprint density at radius 1 is 0.824 bits per heavy atom. The summed E-state index contributed by atoms with van der Waals surface area (Å²) in [6.45, 7) is 4.08. The van der Waals surface area contributed by atoms with Gasteiger partial charge in [-0.2, -0.15) is 0 Å². The molecule has 0 radical (unpaired) electrons. The molecule has 0 heterocycles. The van der Waals surface area contributed by atoms with Crippen LogP contribution in [0.5, 0.6) is 0 Å². The molecule has 2 saturated carbocycles. The Morgan fingerprint density at radius 3 is 2.24 bits per heavy atom. The van der Waals surface area contributed by atoms with E-state index in [2.05, 4.69) is 30.9 Å². The van der Waals surface area contributed by atoms with E-state index in [0.29, 0.717) is 29.0 Å². The summed E-state index contributed by atoms with van der Waals surface area (Å²) in [6.07, 6.45) is 17.3. The van der Waals surface area contributed by atoms with E-state index in [1.165, 1.54) is 31.7 Å². The highest BCUT2D eigenvalue weighted by molar-refractivity contribution is 5.45. The number of aryl methyl sites for hydroxylation is 1. The Balaban J connectivity index is 1.40. The van der Waals surface area contributed by atoms with Crippen LogP contribution in [0.4, 0.5) is 8.78 Å². The lowest BCUT2D eigenvalue weighted by Crippen LogP contribution is -2.30. The molecule has 2 heteroatoms. The maximum atomic E-state index is 15.1. The first-order chi connectivity index (χ1) is 16.6. The largest absolute Gasteiger partial charge is 0.207 e. The quantitative estimate of drug-likeness (QED) is 0.310. The zero-order valence-electron chi connectivity index (χ0n) is 20.5. The van der Waals surface area contributed by atoms with Gasteiger partial charge in [-0.05, 0) is 124 Å². The molecule has 2 aromatic carbocycles. The van der Waals surface area contributed by atoms with Crippen molar-refractivity contribution in [3.05, 3.63) is 94.6 Å². The molecule has 4 unspecified atom stereocenters. The van der Waals surface area contributed by atoms with Crippen LogP contribution in [0.25, 0.3) is 0 Å². The van der Waals surface area contributed by atoms with Crippen molar-refractivity contribution in [3.8, 4) is 11.8 Å². The van der Waals surface area contributed by atoms with Gasteiger partial charge in [-0.1, -0.05) is 48.3 Å². The first kappa shape index (κ1) is 24.5. The van der Waals surface area contributed by atoms with Crippen LogP contribution in [0.3, 0.4) is 0 Å². The number of rotatable bonds is 5. The van der Waals surface area contributed by atoms with E-state index in [0.717, 1.165) is 42.6 Å². The standard InChI is InChI=1S/C32H36F2/c1-3-5-6-8-26-14-11-24(20-31(26)33)9-10-25-13-18-30(32(34)21-25)29-17-16-27-19-23(7-4-2)12-15-28(27)22-29/h3-5,7,11,13-14,18,20-21,23,27-29H,6,8,12,15-17,19,22H2,1-2H3/b5-3+,7-4+. The molecule has 0 spiro atoms. The van der Waals surface area contributed by atoms with Gasteiger partial charge in [-0.25, -0.2) is 8.78 Å². The van der Waals surface area contributed by atoms with E-state index in [1.54, 1.807) is 12.1 Å². The van der Waals surface area contributed by atoms with Crippen molar-refractivity contribution < 1.29 is 8.78 Å². The van der Waals surface area contributed by atoms with Crippen molar-refractivity contribution in [2.45, 2.75) is 71.1 Å². The maximum Gasteiger partial charge on any atom is 0.127 e. The second kappa shape index (κ2) is 11.7. The molecule has 2 aromatic rings. The highest BCUT2D eigenvalue weighted by atomic mass is 19.1. The molecule has 0 amide bonds. The minimum atomic E-state index is -0.229. The molecule has 2 aliphatic rings. The summed E-state index contributed by atoms with van der Waals surface area (Å²) in [5.41, 5.74) is 2.79. The van der Waals surface area contributed by atoms with Gasteiger partial charge in [0.15, 0.2) is 0 Å². The summed E-state index contributed by atoms with van der Waals surface area (Å²) >= 11 is 0. The molecule has 0 aromatic heterocycles. The minimum absolute atomic E-state index is 0.150. The monoisotopic (exact) mass is 458 g/mol. The van der Waals surface area contributed by atoms with Gasteiger partial charge in [-0.3, -0.25) is 0 Å². The third-order valence-electron chi connectivity index (χ3n) is 7.78. The SMILES string of the molecule is C/C=C/CCc1ccc(C#Cc2ccc(C3CCC4CC(/C=C/C)CCC4C3)c(F)c2)cc1F. The van der Waals surface area contributed by atoms with Gasteiger partial charge in [0.1, 0.15) is 11.6 Å². The second-order valence-corrected chi connectivity index (χ2v) is 10.0. The highest BCUT2D eigenvalue weighted by Gasteiger charge is 2.35. The topological polar surface area (TPSA) is 0 Å². The maximum absolute atomic E-state index is 15.1. The predicted octanol–water partition coefficient (Wildman–Crippen LogP) is 8.75. The van der Waals surface area contributed by atoms with Crippen LogP contribution in [0.2, 0.25) is 0 Å². The summed E-state index contributed by atoms with van der Waals surface area (Å²) < 4.78 is 29.4. The zero-order valence-corrected chi connectivity index (χ0v) is 20.5. The van der Waals surface area contributed by atoms with Crippen LogP contribution in [0.15, 0.2) is 60.7 Å². The van der Waals surface area contributed by atoms with E-state index in [-0.39, 0.29) is 11.6 Å². The number of hydrogen-bond donors (Lipinski definition) is 0. The van der Waals surface area contributed by atoms with E-state index in [9.17, 15) is 4.39 Å². The Bertz CT molecular complexity index is 1100. The van der Waals surface area contributed by atoms with Crippen LogP contribution in [-0.2, 0) is 6.42 Å². The predicted molar refractivity (Wildman–Crippen MR) is 138 cm³/mol. The normalized spacial score (nSPS) is 24.7. The summed E-state index contributed by atoms with van der Waals surface area (Å²) in [5, 5.41) is 0. The number of fused-ring (bicyclic) bond motifs is 1. The first-order valence-electron chi connectivity index (χ1n) is 12.9. The molecule has 2 fully saturated rings. The Labute approximate surface area is 204 Å². The lowest BCUT2D eigenvalue weighted by atomic mass is 9.64. The van der Waals surface area contributed by atoms with Crippen molar-refractivity contribution in [2.75, 3.05) is 0 Å². The fourth-order valence-corrected chi connectivity index (χ4v) is 5.97. The van der Waals surface area contributed by atoms with Crippen LogP contribution in [0.1, 0.15) is 87.0 Å². The third-order valence-corrected chi connectivity index (χ3v) is 7.78. The van der Waals surface area contributed by atoms with Crippen molar-refractivity contribution in [1.29, 1.82) is 0 Å². The van der Waals surface area contributed by atoms with E-state index in [1.807, 2.05) is 37.3 Å². The molecule has 2 aliphatic carbocycles. The molecular formula is C32H36F2. The number of allylic oxidation sites excluding steroid dienone is 4. The lowest BCUT2D eigenvalue weighted by Gasteiger charge is -2.41. The van der Waals surface area contributed by atoms with Crippen molar-refractivity contribution in [2.24, 2.45) is 17.8 Å². The Hall–Kier alpha value is -2.66. The van der Waals surface area contributed by atoms with Crippen LogP contribution >= 0.6 is 0 Å². The van der Waals surface area contributed by atoms with Gasteiger partial charge in [0.2, 0.25) is 0 Å². The van der Waals surface area contributed by atoms with Gasteiger partial charge >= 0.3 is 0 Å². The van der Waals surface area contributed by atoms with Gasteiger partial charge < -0.3 is 0 Å². The van der Waals surface area contributed by atoms with Gasteiger partial charge in [0.25, 0.3) is 0 Å². The Kier molecular flexibility index (Phi) is 8.39. The van der Waals surface area contributed by atoms with Gasteiger partial charge in [0, 0.05) is 11.1 Å². The summed E-state index contributed by atoms with van der Waals surface area (Å²) in [4.78, 5) is 0. The van der Waals surface area contributed by atoms with Gasteiger partial charge in [-0.15, -0.1) is 0 Å². The van der Waals surface area contributed by atoms with Crippen LogP contribution < -0.4 is 0 Å². The molecule has 0 bridgehead atoms. The molecular weight excluding hydrogens is 422 g/mol. The molecule has 178 valence electrons. The fraction of sp³-hybridized carbons (Fsp3) is 0.438. The summed E-state index contributed by atoms with van der Waals surface area (Å²) in [6, 6.07) is 10.5. The molecule has 0 N–H and O–H groups in total. The number of halogens is 2. The second-order valence-electron chi connectivity index (χ2n) is 10.0. The van der Waals surface area contributed by atoms with Crippen LogP contribution in [0, 0.1) is 41.2 Å². The fourth-order valence-electron chi connectivity index (χ4n) is 5.97. The molecule has 0 nitrogen and oxygen atoms in total. The molecule has 4 rings (SSSR count). The smallest absolute Gasteiger partial charge is 0.127 e. The third kappa shape index (κ3) is 6.06. The average molecular weight is 459 g/mol. The zero-order chi connectivity index (χ0) is 23.9. The average Bonchev–Trinajstić information content (AvgIpc) is 2.84. The summed E-state index contributed by atoms with van der Waals surface area (Å²) in [7, 11) is 0. The first-order valence-corrected chi connectivity index (χ1v) is 12.9. The lowest BCUT2D eigenvalue weighted by molar-refractivity contribution is 0.132.